The molecule has 0 radical (unpaired) electrons. The summed E-state index contributed by atoms with van der Waals surface area (Å²) < 4.78 is 13.3. The number of hydrogen-bond acceptors (Lipinski definition) is 2. The van der Waals surface area contributed by atoms with Gasteiger partial charge in [-0.05, 0) is 30.7 Å². The summed E-state index contributed by atoms with van der Waals surface area (Å²) in [6.45, 7) is 3.06. The molecule has 1 aliphatic rings. The van der Waals surface area contributed by atoms with Gasteiger partial charge in [-0.15, -0.1) is 0 Å². The minimum atomic E-state index is -0.428. The average Bonchev–Trinajstić information content (AvgIpc) is 2.24. The largest absolute Gasteiger partial charge is 0.397 e. The fourth-order valence-electron chi connectivity index (χ4n) is 2.33. The van der Waals surface area contributed by atoms with Gasteiger partial charge in [0, 0.05) is 12.6 Å². The highest BCUT2D eigenvalue weighted by Gasteiger charge is 2.34. The Kier molecular flexibility index (Phi) is 3.48. The van der Waals surface area contributed by atoms with Crippen LogP contribution in [0, 0.1) is 11.2 Å². The predicted octanol–water partition coefficient (Wildman–Crippen LogP) is 4.05. The van der Waals surface area contributed by atoms with E-state index < -0.39 is 5.82 Å². The van der Waals surface area contributed by atoms with Gasteiger partial charge in [-0.2, -0.15) is 0 Å². The molecule has 0 atom stereocenters. The first-order valence-electron chi connectivity index (χ1n) is 6.05. The molecule has 0 aliphatic heterocycles. The Morgan fingerprint density at radius 1 is 1.47 bits per heavy atom. The quantitative estimate of drug-likeness (QED) is 0.798. The van der Waals surface area contributed by atoms with Gasteiger partial charge in [0.15, 0.2) is 0 Å². The van der Waals surface area contributed by atoms with Gasteiger partial charge < -0.3 is 11.1 Å². The molecule has 1 aromatic rings. The molecule has 1 aliphatic carbocycles. The summed E-state index contributed by atoms with van der Waals surface area (Å²) in [5.74, 6) is -0.428. The van der Waals surface area contributed by atoms with Crippen molar-refractivity contribution in [2.75, 3.05) is 17.6 Å². The van der Waals surface area contributed by atoms with Crippen LogP contribution in [0.4, 0.5) is 15.8 Å². The molecule has 2 rings (SSSR count). The minimum absolute atomic E-state index is 0.0712. The summed E-state index contributed by atoms with van der Waals surface area (Å²) in [5.41, 5.74) is 7.33. The zero-order chi connectivity index (χ0) is 12.5. The van der Waals surface area contributed by atoms with Gasteiger partial charge in [0.05, 0.1) is 16.4 Å². The van der Waals surface area contributed by atoms with Crippen molar-refractivity contribution in [3.63, 3.8) is 0 Å². The van der Waals surface area contributed by atoms with Crippen LogP contribution in [0.2, 0.25) is 5.02 Å². The third-order valence-corrected chi connectivity index (χ3v) is 4.20. The Morgan fingerprint density at radius 2 is 2.18 bits per heavy atom. The van der Waals surface area contributed by atoms with Gasteiger partial charge in [0.2, 0.25) is 0 Å². The zero-order valence-corrected chi connectivity index (χ0v) is 10.8. The summed E-state index contributed by atoms with van der Waals surface area (Å²) >= 11 is 5.66. The molecule has 3 N–H and O–H groups in total. The molecule has 0 saturated heterocycles. The SMILES string of the molecule is CCC1(CNc2cc(F)c(Cl)cc2N)CCC1. The maximum atomic E-state index is 13.3. The highest BCUT2D eigenvalue weighted by Crippen LogP contribution is 2.44. The van der Waals surface area contributed by atoms with E-state index in [-0.39, 0.29) is 5.02 Å². The van der Waals surface area contributed by atoms with E-state index in [0.717, 1.165) is 13.0 Å². The van der Waals surface area contributed by atoms with E-state index in [1.807, 2.05) is 0 Å². The third kappa shape index (κ3) is 2.49. The van der Waals surface area contributed by atoms with Gasteiger partial charge in [-0.1, -0.05) is 24.9 Å². The van der Waals surface area contributed by atoms with Crippen LogP contribution in [0.3, 0.4) is 0 Å². The van der Waals surface area contributed by atoms with Crippen molar-refractivity contribution in [2.24, 2.45) is 5.41 Å². The second-order valence-corrected chi connectivity index (χ2v) is 5.32. The second-order valence-electron chi connectivity index (χ2n) is 4.91. The Balaban J connectivity index is 2.06. The van der Waals surface area contributed by atoms with Gasteiger partial charge in [-0.25, -0.2) is 4.39 Å². The molecular formula is C13H18ClFN2. The van der Waals surface area contributed by atoms with E-state index in [0.29, 0.717) is 16.8 Å². The average molecular weight is 257 g/mol. The molecule has 4 heteroatoms. The van der Waals surface area contributed by atoms with E-state index in [1.54, 1.807) is 0 Å². The smallest absolute Gasteiger partial charge is 0.143 e. The van der Waals surface area contributed by atoms with Crippen LogP contribution in [0.15, 0.2) is 12.1 Å². The summed E-state index contributed by atoms with van der Waals surface area (Å²) in [6.07, 6.45) is 4.93. The molecule has 0 bridgehead atoms. The molecule has 0 spiro atoms. The molecule has 17 heavy (non-hydrogen) atoms. The molecule has 2 nitrogen and oxygen atoms in total. The van der Waals surface area contributed by atoms with Crippen molar-refractivity contribution in [2.45, 2.75) is 32.6 Å². The molecule has 94 valence electrons. The first-order valence-corrected chi connectivity index (χ1v) is 6.42. The summed E-state index contributed by atoms with van der Waals surface area (Å²) in [6, 6.07) is 2.83. The van der Waals surface area contributed by atoms with E-state index in [1.165, 1.54) is 31.4 Å². The number of nitrogens with one attached hydrogen (secondary N) is 1. The van der Waals surface area contributed by atoms with E-state index in [4.69, 9.17) is 17.3 Å². The van der Waals surface area contributed by atoms with E-state index >= 15 is 0 Å². The van der Waals surface area contributed by atoms with Crippen LogP contribution in [0.1, 0.15) is 32.6 Å². The second kappa shape index (κ2) is 4.73. The van der Waals surface area contributed by atoms with Crippen molar-refractivity contribution >= 4 is 23.0 Å². The van der Waals surface area contributed by atoms with Gasteiger partial charge >= 0.3 is 0 Å². The molecule has 1 aromatic carbocycles. The first-order chi connectivity index (χ1) is 8.06. The number of hydrogen-bond donors (Lipinski definition) is 2. The fraction of sp³-hybridized carbons (Fsp3) is 0.538. The van der Waals surface area contributed by atoms with Crippen molar-refractivity contribution < 1.29 is 4.39 Å². The third-order valence-electron chi connectivity index (χ3n) is 3.91. The van der Waals surface area contributed by atoms with Crippen LogP contribution >= 0.6 is 11.6 Å². The number of halogens is 2. The van der Waals surface area contributed by atoms with Crippen LogP contribution in [0.5, 0.6) is 0 Å². The molecule has 1 fully saturated rings. The maximum absolute atomic E-state index is 13.3. The van der Waals surface area contributed by atoms with Crippen LogP contribution < -0.4 is 11.1 Å². The molecule has 0 heterocycles. The normalized spacial score (nSPS) is 17.6. The molecule has 1 saturated carbocycles. The molecule has 0 unspecified atom stereocenters. The van der Waals surface area contributed by atoms with Crippen LogP contribution in [-0.4, -0.2) is 6.54 Å². The molecular weight excluding hydrogens is 239 g/mol. The van der Waals surface area contributed by atoms with Crippen molar-refractivity contribution in [3.05, 3.63) is 23.0 Å². The van der Waals surface area contributed by atoms with E-state index in [9.17, 15) is 4.39 Å². The van der Waals surface area contributed by atoms with Crippen molar-refractivity contribution in [3.8, 4) is 0 Å². The van der Waals surface area contributed by atoms with Crippen molar-refractivity contribution in [1.29, 1.82) is 0 Å². The maximum Gasteiger partial charge on any atom is 0.143 e. The van der Waals surface area contributed by atoms with Crippen LogP contribution in [0.25, 0.3) is 0 Å². The lowest BCUT2D eigenvalue weighted by atomic mass is 9.67. The summed E-state index contributed by atoms with van der Waals surface area (Å²) in [4.78, 5) is 0. The number of rotatable bonds is 4. The number of nitrogens with two attached hydrogens (primary N) is 1. The predicted molar refractivity (Wildman–Crippen MR) is 70.9 cm³/mol. The van der Waals surface area contributed by atoms with Crippen LogP contribution in [-0.2, 0) is 0 Å². The number of nitrogen functional groups attached to an aromatic ring is 1. The Hall–Kier alpha value is -0.960. The standard InChI is InChI=1S/C13H18ClFN2/c1-2-13(4-3-5-13)8-17-12-7-10(15)9(14)6-11(12)16/h6-7,17H,2-5,8,16H2,1H3. The monoisotopic (exact) mass is 256 g/mol. The highest BCUT2D eigenvalue weighted by atomic mass is 35.5. The number of anilines is 2. The van der Waals surface area contributed by atoms with E-state index in [2.05, 4.69) is 12.2 Å². The zero-order valence-electron chi connectivity index (χ0n) is 10.0. The Morgan fingerprint density at radius 3 is 2.71 bits per heavy atom. The topological polar surface area (TPSA) is 38.0 Å². The minimum Gasteiger partial charge on any atom is -0.397 e. The summed E-state index contributed by atoms with van der Waals surface area (Å²) in [7, 11) is 0. The fourth-order valence-corrected chi connectivity index (χ4v) is 2.50. The molecule has 0 amide bonds. The van der Waals surface area contributed by atoms with Gasteiger partial charge in [-0.3, -0.25) is 0 Å². The van der Waals surface area contributed by atoms with Gasteiger partial charge in [0.1, 0.15) is 5.82 Å². The Bertz CT molecular complexity index is 411. The van der Waals surface area contributed by atoms with Gasteiger partial charge in [0.25, 0.3) is 0 Å². The Labute approximate surface area is 106 Å². The molecule has 0 aromatic heterocycles. The lowest BCUT2D eigenvalue weighted by Gasteiger charge is -2.41. The van der Waals surface area contributed by atoms with Crippen molar-refractivity contribution in [1.82, 2.24) is 0 Å². The lowest BCUT2D eigenvalue weighted by Crippen LogP contribution is -2.36. The lowest BCUT2D eigenvalue weighted by molar-refractivity contribution is 0.145. The number of benzene rings is 1. The first kappa shape index (κ1) is 12.5. The summed E-state index contributed by atoms with van der Waals surface area (Å²) in [5, 5.41) is 3.32. The highest BCUT2D eigenvalue weighted by molar-refractivity contribution is 6.31.